The van der Waals surface area contributed by atoms with E-state index in [1.807, 2.05) is 13.8 Å². The Morgan fingerprint density at radius 1 is 0.636 bits per heavy atom. The van der Waals surface area contributed by atoms with Crippen LogP contribution in [0.5, 0.6) is 0 Å². The molecule has 4 N–H and O–H groups in total. The number of nitrogens with zero attached hydrogens (tertiary/aromatic N) is 3. The van der Waals surface area contributed by atoms with Gasteiger partial charge in [0.2, 0.25) is 0 Å². The number of rotatable bonds is 15. The monoisotopic (exact) mass is 475 g/mol. The molecule has 0 aromatic carbocycles. The molecule has 1 fully saturated rings. The highest BCUT2D eigenvalue weighted by Gasteiger charge is 2.36. The van der Waals surface area contributed by atoms with Crippen LogP contribution in [0.15, 0.2) is 0 Å². The molecule has 0 aromatic rings. The maximum atomic E-state index is 11.5. The first-order valence-electron chi connectivity index (χ1n) is 11.1. The Morgan fingerprint density at radius 2 is 1.03 bits per heavy atom. The molecule has 190 valence electrons. The Labute approximate surface area is 193 Å². The van der Waals surface area contributed by atoms with Gasteiger partial charge in [0, 0.05) is 25.2 Å². The summed E-state index contributed by atoms with van der Waals surface area (Å²) in [4.78, 5) is 60.9. The van der Waals surface area contributed by atoms with E-state index >= 15 is 0 Å². The third-order valence-corrected chi connectivity index (χ3v) is 5.16. The quantitative estimate of drug-likeness (QED) is 0.253. The van der Waals surface area contributed by atoms with Gasteiger partial charge in [0.1, 0.15) is 5.78 Å². The molecule has 1 aliphatic rings. The molecular formula is C21H37N3O9. The maximum Gasteiger partial charge on any atom is 0.317 e. The summed E-state index contributed by atoms with van der Waals surface area (Å²) in [6.45, 7) is 3.80. The molecule has 1 rings (SSSR count). The maximum absolute atomic E-state index is 11.5. The van der Waals surface area contributed by atoms with Crippen LogP contribution < -0.4 is 0 Å². The number of hydrogen-bond donors (Lipinski definition) is 4. The lowest BCUT2D eigenvalue weighted by atomic mass is 9.87. The average Bonchev–Trinajstić information content (AvgIpc) is 2.70. The van der Waals surface area contributed by atoms with Crippen molar-refractivity contribution in [2.75, 3.05) is 45.8 Å². The highest BCUT2D eigenvalue weighted by atomic mass is 16.4. The molecule has 0 saturated heterocycles. The van der Waals surface area contributed by atoms with Crippen LogP contribution in [0.4, 0.5) is 0 Å². The summed E-state index contributed by atoms with van der Waals surface area (Å²) in [7, 11) is 0. The summed E-state index contributed by atoms with van der Waals surface area (Å²) < 4.78 is 0. The zero-order chi connectivity index (χ0) is 25.6. The fourth-order valence-corrected chi connectivity index (χ4v) is 4.11. The second kappa shape index (κ2) is 16.1. The lowest BCUT2D eigenvalue weighted by Crippen LogP contribution is -2.57. The zero-order valence-electron chi connectivity index (χ0n) is 19.6. The van der Waals surface area contributed by atoms with Gasteiger partial charge in [0.05, 0.1) is 32.7 Å². The van der Waals surface area contributed by atoms with Gasteiger partial charge >= 0.3 is 23.9 Å². The van der Waals surface area contributed by atoms with Gasteiger partial charge < -0.3 is 20.4 Å². The van der Waals surface area contributed by atoms with Gasteiger partial charge in [-0.15, -0.1) is 0 Å². The van der Waals surface area contributed by atoms with Gasteiger partial charge in [0.15, 0.2) is 0 Å². The van der Waals surface area contributed by atoms with Crippen molar-refractivity contribution >= 4 is 29.7 Å². The molecule has 1 saturated carbocycles. The van der Waals surface area contributed by atoms with Crippen molar-refractivity contribution in [2.24, 2.45) is 0 Å². The smallest absolute Gasteiger partial charge is 0.317 e. The molecular weight excluding hydrogens is 438 g/mol. The number of carboxylic acids is 4. The number of aliphatic carboxylic acids is 4. The Hall–Kier alpha value is -2.57. The normalized spacial score (nSPS) is 18.0. The van der Waals surface area contributed by atoms with Crippen molar-refractivity contribution < 1.29 is 44.4 Å². The minimum Gasteiger partial charge on any atom is -0.480 e. The van der Waals surface area contributed by atoms with Gasteiger partial charge in [-0.1, -0.05) is 26.7 Å². The lowest BCUT2D eigenvalue weighted by molar-refractivity contribution is -0.146. The third kappa shape index (κ3) is 12.9. The van der Waals surface area contributed by atoms with Gasteiger partial charge in [-0.05, 0) is 19.8 Å². The fourth-order valence-electron chi connectivity index (χ4n) is 4.11. The summed E-state index contributed by atoms with van der Waals surface area (Å²) >= 11 is 0. The molecule has 0 aromatic heterocycles. The molecule has 0 aliphatic heterocycles. The van der Waals surface area contributed by atoms with Crippen molar-refractivity contribution in [3.63, 3.8) is 0 Å². The van der Waals surface area contributed by atoms with Crippen LogP contribution in [-0.2, 0) is 24.0 Å². The van der Waals surface area contributed by atoms with Crippen LogP contribution >= 0.6 is 0 Å². The van der Waals surface area contributed by atoms with E-state index in [2.05, 4.69) is 0 Å². The van der Waals surface area contributed by atoms with Crippen molar-refractivity contribution in [1.82, 2.24) is 14.7 Å². The summed E-state index contributed by atoms with van der Waals surface area (Å²) in [6.07, 6.45) is 2.61. The Bertz CT molecular complexity index is 639. The predicted molar refractivity (Wildman–Crippen MR) is 118 cm³/mol. The van der Waals surface area contributed by atoms with Crippen molar-refractivity contribution in [3.05, 3.63) is 0 Å². The van der Waals surface area contributed by atoms with Crippen LogP contribution in [0.25, 0.3) is 0 Å². The third-order valence-electron chi connectivity index (χ3n) is 5.16. The molecule has 33 heavy (non-hydrogen) atoms. The zero-order valence-corrected chi connectivity index (χ0v) is 19.6. The molecule has 0 spiro atoms. The number of carbonyl (C=O) groups is 5. The summed E-state index contributed by atoms with van der Waals surface area (Å²) in [5.74, 6) is -4.80. The number of carboxylic acid groups (broad SMARTS) is 4. The molecule has 12 nitrogen and oxygen atoms in total. The first kappa shape index (κ1) is 30.4. The van der Waals surface area contributed by atoms with E-state index in [1.165, 1.54) is 16.7 Å². The second-order valence-electron chi connectivity index (χ2n) is 7.78. The van der Waals surface area contributed by atoms with Crippen molar-refractivity contribution in [2.45, 2.75) is 58.5 Å². The van der Waals surface area contributed by atoms with Gasteiger partial charge in [0.25, 0.3) is 0 Å². The fraction of sp³-hybridized carbons (Fsp3) is 0.762. The minimum atomic E-state index is -1.18. The van der Waals surface area contributed by atoms with Crippen LogP contribution in [0.1, 0.15) is 46.5 Å². The molecule has 2 unspecified atom stereocenters. The minimum absolute atomic E-state index is 0.0918. The average molecular weight is 476 g/mol. The van der Waals surface area contributed by atoms with Crippen LogP contribution in [0.3, 0.4) is 0 Å². The summed E-state index contributed by atoms with van der Waals surface area (Å²) in [5.41, 5.74) is 0. The summed E-state index contributed by atoms with van der Waals surface area (Å²) in [5, 5.41) is 36.9. The van der Waals surface area contributed by atoms with Crippen LogP contribution in [0, 0.1) is 0 Å². The lowest BCUT2D eigenvalue weighted by Gasteiger charge is -2.44. The van der Waals surface area contributed by atoms with E-state index in [1.54, 1.807) is 4.90 Å². The molecule has 0 radical (unpaired) electrons. The number of hydrogen-bond acceptors (Lipinski definition) is 8. The molecule has 12 heteroatoms. The highest BCUT2D eigenvalue weighted by Crippen LogP contribution is 2.27. The van der Waals surface area contributed by atoms with Gasteiger partial charge in [-0.3, -0.25) is 38.7 Å². The van der Waals surface area contributed by atoms with E-state index < -0.39 is 49.1 Å². The molecule has 2 atom stereocenters. The van der Waals surface area contributed by atoms with E-state index in [4.69, 9.17) is 5.11 Å². The predicted octanol–water partition coefficient (Wildman–Crippen LogP) is 0.157. The standard InChI is InChI=1S/C19H31N3O9.C2H6/c1-13(23)8-20(9-16(24)25)6-7-21(10-17(26)27)14-4-2-3-5-15(14)22(11-18(28)29)12-19(30)31;1-2/h14-15H,2-12H2,1H3,(H,24,25)(H,26,27)(H,28,29)(H,30,31);1-2H3. The second-order valence-corrected chi connectivity index (χ2v) is 7.78. The van der Waals surface area contributed by atoms with Crippen molar-refractivity contribution in [3.8, 4) is 0 Å². The SMILES string of the molecule is CC.CC(=O)CN(CCN(CC(=O)O)C1CCCCC1N(CC(=O)O)CC(=O)O)CC(=O)O. The van der Waals surface area contributed by atoms with E-state index in [0.717, 1.165) is 12.8 Å². The molecule has 1 aliphatic carbocycles. The number of carbonyl (C=O) groups excluding carboxylic acids is 1. The first-order chi connectivity index (χ1) is 15.5. The number of ketones is 1. The first-order valence-corrected chi connectivity index (χ1v) is 11.1. The van der Waals surface area contributed by atoms with Crippen LogP contribution in [-0.4, -0.2) is 123 Å². The van der Waals surface area contributed by atoms with Crippen molar-refractivity contribution in [1.29, 1.82) is 0 Å². The van der Waals surface area contributed by atoms with Gasteiger partial charge in [-0.25, -0.2) is 0 Å². The topological polar surface area (TPSA) is 176 Å². The number of Topliss-reactive ketones (excluding diaryl/α,β-unsaturated/α-hetero) is 1. The Balaban J connectivity index is 0.00000497. The molecule has 0 bridgehead atoms. The Morgan fingerprint density at radius 3 is 1.42 bits per heavy atom. The van der Waals surface area contributed by atoms with Crippen LogP contribution in [0.2, 0.25) is 0 Å². The highest BCUT2D eigenvalue weighted by molar-refractivity contribution is 5.78. The largest absolute Gasteiger partial charge is 0.480 e. The van der Waals surface area contributed by atoms with E-state index in [9.17, 15) is 39.3 Å². The summed E-state index contributed by atoms with van der Waals surface area (Å²) in [6, 6.07) is -0.881. The Kier molecular flexibility index (Phi) is 14.9. The van der Waals surface area contributed by atoms with E-state index in [0.29, 0.717) is 12.8 Å². The van der Waals surface area contributed by atoms with E-state index in [-0.39, 0.29) is 38.5 Å². The van der Waals surface area contributed by atoms with Gasteiger partial charge in [-0.2, -0.15) is 0 Å². The molecule has 0 amide bonds. The molecule has 0 heterocycles.